The maximum absolute atomic E-state index is 12.5. The van der Waals surface area contributed by atoms with Crippen LogP contribution in [0.15, 0.2) is 67.0 Å². The van der Waals surface area contributed by atoms with Gasteiger partial charge in [0.05, 0.1) is 13.3 Å². The van der Waals surface area contributed by atoms with Crippen LogP contribution in [0.25, 0.3) is 0 Å². The van der Waals surface area contributed by atoms with E-state index in [4.69, 9.17) is 9.47 Å². The molecule has 1 aromatic heterocycles. The van der Waals surface area contributed by atoms with Gasteiger partial charge in [-0.05, 0) is 60.5 Å². The fraction of sp³-hybridized carbons (Fsp3) is 0.182. The first-order valence-electron chi connectivity index (χ1n) is 9.13. The zero-order valence-electron chi connectivity index (χ0n) is 16.2. The molecule has 0 atom stereocenters. The van der Waals surface area contributed by atoms with E-state index in [9.17, 15) is 13.6 Å². The monoisotopic (exact) mass is 414 g/mol. The molecule has 0 radical (unpaired) electrons. The van der Waals surface area contributed by atoms with E-state index < -0.39 is 6.61 Å². The van der Waals surface area contributed by atoms with Crippen LogP contribution in [0.2, 0.25) is 0 Å². The molecule has 0 aliphatic carbocycles. The molecule has 156 valence electrons. The van der Waals surface area contributed by atoms with Gasteiger partial charge >= 0.3 is 6.61 Å². The second-order valence-electron chi connectivity index (χ2n) is 6.18. The Morgan fingerprint density at radius 2 is 1.87 bits per heavy atom. The second kappa shape index (κ2) is 10.2. The lowest BCUT2D eigenvalue weighted by Crippen LogP contribution is -2.25. The van der Waals surface area contributed by atoms with E-state index in [1.165, 1.54) is 13.2 Å². The molecule has 1 amide bonds. The highest BCUT2D eigenvalue weighted by Gasteiger charge is 2.12. The number of amides is 1. The van der Waals surface area contributed by atoms with E-state index in [-0.39, 0.29) is 17.4 Å². The number of rotatable bonds is 9. The first kappa shape index (κ1) is 21.0. The Labute approximate surface area is 172 Å². The number of nitrogens with zero attached hydrogens (tertiary/aromatic N) is 1. The van der Waals surface area contributed by atoms with Crippen molar-refractivity contribution in [2.45, 2.75) is 13.0 Å². The predicted octanol–water partition coefficient (Wildman–Crippen LogP) is 4.46. The Bertz CT molecular complexity index is 967. The zero-order valence-corrected chi connectivity index (χ0v) is 16.2. The van der Waals surface area contributed by atoms with Crippen molar-refractivity contribution in [3.63, 3.8) is 0 Å². The molecule has 0 aliphatic rings. The van der Waals surface area contributed by atoms with Crippen LogP contribution < -0.4 is 19.5 Å². The lowest BCUT2D eigenvalue weighted by Gasteiger charge is -2.12. The van der Waals surface area contributed by atoms with E-state index in [2.05, 4.69) is 15.0 Å². The van der Waals surface area contributed by atoms with Crippen LogP contribution >= 0.6 is 0 Å². The van der Waals surface area contributed by atoms with Gasteiger partial charge in [0.25, 0.3) is 5.91 Å². The Morgan fingerprint density at radius 1 is 1.07 bits per heavy atom. The number of ether oxygens (including phenoxy) is 3. The molecule has 6 nitrogen and oxygen atoms in total. The third-order valence-corrected chi connectivity index (χ3v) is 4.13. The lowest BCUT2D eigenvalue weighted by atomic mass is 10.1. The van der Waals surface area contributed by atoms with E-state index in [1.807, 2.05) is 0 Å². The Morgan fingerprint density at radius 3 is 2.53 bits per heavy atom. The summed E-state index contributed by atoms with van der Waals surface area (Å²) in [5, 5.41) is 2.80. The highest BCUT2D eigenvalue weighted by molar-refractivity contribution is 5.94. The van der Waals surface area contributed by atoms with Crippen molar-refractivity contribution in [3.05, 3.63) is 78.1 Å². The standard InChI is InChI=1S/C22H20F2N2O4/c1-28-19-9-4-15(13-20(19)30-22(23)24)10-12-26-21(27)16-5-7-17(8-6-16)29-18-3-2-11-25-14-18/h2-9,11,13-14,22H,10,12H2,1H3,(H,26,27). The Balaban J connectivity index is 1.53. The van der Waals surface area contributed by atoms with Crippen LogP contribution in [-0.2, 0) is 6.42 Å². The quantitative estimate of drug-likeness (QED) is 0.560. The predicted molar refractivity (Wildman–Crippen MR) is 106 cm³/mol. The van der Waals surface area contributed by atoms with Crippen molar-refractivity contribution in [1.82, 2.24) is 10.3 Å². The average Bonchev–Trinajstić information content (AvgIpc) is 2.75. The summed E-state index contributed by atoms with van der Waals surface area (Å²) in [6.07, 6.45) is 3.69. The lowest BCUT2D eigenvalue weighted by molar-refractivity contribution is -0.0512. The number of methoxy groups -OCH3 is 1. The van der Waals surface area contributed by atoms with Gasteiger partial charge in [0, 0.05) is 18.3 Å². The average molecular weight is 414 g/mol. The summed E-state index contributed by atoms with van der Waals surface area (Å²) in [5.74, 6) is 1.12. The van der Waals surface area contributed by atoms with Crippen molar-refractivity contribution in [2.24, 2.45) is 0 Å². The summed E-state index contributed by atoms with van der Waals surface area (Å²) in [5.41, 5.74) is 1.21. The largest absolute Gasteiger partial charge is 0.493 e. The molecule has 8 heteroatoms. The Hall–Kier alpha value is -3.68. The number of hydrogen-bond donors (Lipinski definition) is 1. The van der Waals surface area contributed by atoms with E-state index in [0.29, 0.717) is 30.0 Å². The van der Waals surface area contributed by atoms with Gasteiger partial charge in [0.1, 0.15) is 11.5 Å². The topological polar surface area (TPSA) is 69.7 Å². The maximum atomic E-state index is 12.5. The SMILES string of the molecule is COc1ccc(CCNC(=O)c2ccc(Oc3cccnc3)cc2)cc1OC(F)F. The highest BCUT2D eigenvalue weighted by Crippen LogP contribution is 2.29. The number of benzene rings is 2. The minimum Gasteiger partial charge on any atom is -0.493 e. The summed E-state index contributed by atoms with van der Waals surface area (Å²) < 4.78 is 40.1. The van der Waals surface area contributed by atoms with Gasteiger partial charge in [0.15, 0.2) is 11.5 Å². The normalized spacial score (nSPS) is 10.5. The fourth-order valence-corrected chi connectivity index (χ4v) is 2.71. The molecule has 0 saturated heterocycles. The van der Waals surface area contributed by atoms with Gasteiger partial charge in [-0.3, -0.25) is 9.78 Å². The van der Waals surface area contributed by atoms with Gasteiger partial charge < -0.3 is 19.5 Å². The summed E-state index contributed by atoms with van der Waals surface area (Å²) in [6, 6.07) is 15.0. The van der Waals surface area contributed by atoms with Crippen molar-refractivity contribution in [3.8, 4) is 23.0 Å². The molecule has 1 N–H and O–H groups in total. The summed E-state index contributed by atoms with van der Waals surface area (Å²) in [4.78, 5) is 16.3. The van der Waals surface area contributed by atoms with Crippen LogP contribution in [0.1, 0.15) is 15.9 Å². The maximum Gasteiger partial charge on any atom is 0.387 e. The van der Waals surface area contributed by atoms with Crippen molar-refractivity contribution in [1.29, 1.82) is 0 Å². The van der Waals surface area contributed by atoms with Gasteiger partial charge in [0.2, 0.25) is 0 Å². The second-order valence-corrected chi connectivity index (χ2v) is 6.18. The molecule has 1 heterocycles. The summed E-state index contributed by atoms with van der Waals surface area (Å²) in [7, 11) is 1.38. The van der Waals surface area contributed by atoms with Crippen molar-refractivity contribution >= 4 is 5.91 Å². The molecule has 0 unspecified atom stereocenters. The van der Waals surface area contributed by atoms with Crippen LogP contribution in [0, 0.1) is 0 Å². The molecule has 0 bridgehead atoms. The molecular formula is C22H20F2N2O4. The third kappa shape index (κ3) is 5.91. The molecular weight excluding hydrogens is 394 g/mol. The Kier molecular flexibility index (Phi) is 7.15. The van der Waals surface area contributed by atoms with E-state index >= 15 is 0 Å². The smallest absolute Gasteiger partial charge is 0.387 e. The van der Waals surface area contributed by atoms with E-state index in [0.717, 1.165) is 5.56 Å². The van der Waals surface area contributed by atoms with Gasteiger partial charge in [-0.25, -0.2) is 0 Å². The first-order valence-corrected chi connectivity index (χ1v) is 9.13. The number of halogens is 2. The number of hydrogen-bond acceptors (Lipinski definition) is 5. The van der Waals surface area contributed by atoms with Crippen LogP contribution in [0.3, 0.4) is 0 Å². The molecule has 30 heavy (non-hydrogen) atoms. The number of carbonyl (C=O) groups excluding carboxylic acids is 1. The van der Waals surface area contributed by atoms with Crippen LogP contribution in [-0.4, -0.2) is 31.2 Å². The van der Waals surface area contributed by atoms with Gasteiger partial charge in [-0.1, -0.05) is 6.07 Å². The minimum absolute atomic E-state index is 0.0412. The number of alkyl halides is 2. The molecule has 3 rings (SSSR count). The molecule has 0 aliphatic heterocycles. The van der Waals surface area contributed by atoms with Gasteiger partial charge in [-0.2, -0.15) is 8.78 Å². The molecule has 3 aromatic rings. The number of carbonyl (C=O) groups is 1. The fourth-order valence-electron chi connectivity index (χ4n) is 2.71. The molecule has 0 saturated carbocycles. The zero-order chi connectivity index (χ0) is 21.3. The first-order chi connectivity index (χ1) is 14.5. The third-order valence-electron chi connectivity index (χ3n) is 4.13. The number of nitrogens with one attached hydrogen (secondary N) is 1. The molecule has 2 aromatic carbocycles. The van der Waals surface area contributed by atoms with Crippen molar-refractivity contribution < 1.29 is 27.8 Å². The molecule has 0 spiro atoms. The van der Waals surface area contributed by atoms with E-state index in [1.54, 1.807) is 60.9 Å². The summed E-state index contributed by atoms with van der Waals surface area (Å²) in [6.45, 7) is -2.62. The minimum atomic E-state index is -2.95. The highest BCUT2D eigenvalue weighted by atomic mass is 19.3. The van der Waals surface area contributed by atoms with Crippen LogP contribution in [0.5, 0.6) is 23.0 Å². The number of pyridine rings is 1. The summed E-state index contributed by atoms with van der Waals surface area (Å²) >= 11 is 0. The van der Waals surface area contributed by atoms with Gasteiger partial charge in [-0.15, -0.1) is 0 Å². The van der Waals surface area contributed by atoms with Crippen molar-refractivity contribution in [2.75, 3.05) is 13.7 Å². The number of aromatic nitrogens is 1. The van der Waals surface area contributed by atoms with Crippen LogP contribution in [0.4, 0.5) is 8.78 Å². The molecule has 0 fully saturated rings.